The van der Waals surface area contributed by atoms with Crippen molar-refractivity contribution in [2.75, 3.05) is 20.1 Å². The molecule has 8 heteroatoms. The summed E-state index contributed by atoms with van der Waals surface area (Å²) in [7, 11) is 2.19. The van der Waals surface area contributed by atoms with Gasteiger partial charge in [0.15, 0.2) is 6.41 Å². The predicted octanol–water partition coefficient (Wildman–Crippen LogP) is 4.68. The Morgan fingerprint density at radius 1 is 1.26 bits per heavy atom. The van der Waals surface area contributed by atoms with E-state index in [1.54, 1.807) is 17.9 Å². The summed E-state index contributed by atoms with van der Waals surface area (Å²) < 4.78 is 0. The van der Waals surface area contributed by atoms with Crippen LogP contribution in [0.5, 0.6) is 0 Å². The van der Waals surface area contributed by atoms with Gasteiger partial charge in [-0.25, -0.2) is 4.98 Å². The molecule has 1 amide bonds. The van der Waals surface area contributed by atoms with Gasteiger partial charge in [0.1, 0.15) is 6.29 Å². The topological polar surface area (TPSA) is 74.3 Å². The number of aldehydes is 1. The molecule has 1 fully saturated rings. The second-order valence-corrected chi connectivity index (χ2v) is 10.2. The van der Waals surface area contributed by atoms with Crippen molar-refractivity contribution in [2.24, 2.45) is 5.41 Å². The molecule has 0 aliphatic carbocycles. The largest absolute Gasteiger partial charge is 0.388 e. The maximum atomic E-state index is 10.5. The molecule has 0 bridgehead atoms. The minimum absolute atomic E-state index is 0. The van der Waals surface area contributed by atoms with Crippen molar-refractivity contribution < 1.29 is 30.0 Å². The van der Waals surface area contributed by atoms with E-state index in [1.807, 2.05) is 43.6 Å². The van der Waals surface area contributed by atoms with Crippen molar-refractivity contribution in [3.8, 4) is 10.4 Å². The fraction of sp³-hybridized carbons (Fsp3) is 0.538. The van der Waals surface area contributed by atoms with E-state index >= 15 is 0 Å². The smallest absolute Gasteiger partial charge is 0.200 e. The minimum Gasteiger partial charge on any atom is -0.388 e. The molecule has 1 aromatic heterocycles. The first-order chi connectivity index (χ1) is 15.6. The zero-order valence-electron chi connectivity index (χ0n) is 21.6. The number of rotatable bonds is 7. The summed E-state index contributed by atoms with van der Waals surface area (Å²) in [6.45, 7) is 16.3. The molecule has 1 saturated heterocycles. The van der Waals surface area contributed by atoms with Gasteiger partial charge in [0.2, 0.25) is 0 Å². The summed E-state index contributed by atoms with van der Waals surface area (Å²) in [5, 5.41) is 5.62. The molecule has 6 nitrogen and oxygen atoms in total. The van der Waals surface area contributed by atoms with Crippen molar-refractivity contribution in [2.45, 2.75) is 66.5 Å². The molecular weight excluding hydrogens is 619 g/mol. The number of aromatic nitrogens is 1. The van der Waals surface area contributed by atoms with E-state index in [9.17, 15) is 9.59 Å². The van der Waals surface area contributed by atoms with Crippen LogP contribution in [0.15, 0.2) is 29.8 Å². The Hall–Kier alpha value is -1.56. The van der Waals surface area contributed by atoms with E-state index < -0.39 is 0 Å². The third kappa shape index (κ3) is 11.7. The molecule has 191 valence electrons. The van der Waals surface area contributed by atoms with Crippen LogP contribution >= 0.6 is 11.3 Å². The molecule has 2 N–H and O–H groups in total. The molecule has 1 radical (unpaired) electrons. The number of amides is 1. The summed E-state index contributed by atoms with van der Waals surface area (Å²) in [6, 6.07) is 8.81. The Bertz CT molecular complexity index is 813. The van der Waals surface area contributed by atoms with Crippen LogP contribution in [0.2, 0.25) is 0 Å². The summed E-state index contributed by atoms with van der Waals surface area (Å²) in [6.07, 6.45) is 4.43. The average molecular weight is 660 g/mol. The van der Waals surface area contributed by atoms with Crippen LogP contribution < -0.4 is 10.6 Å². The van der Waals surface area contributed by atoms with Gasteiger partial charge < -0.3 is 20.3 Å². The zero-order valence-corrected chi connectivity index (χ0v) is 25.1. The van der Waals surface area contributed by atoms with Gasteiger partial charge in [-0.3, -0.25) is 4.79 Å². The third-order valence-corrected chi connectivity index (χ3v) is 6.59. The van der Waals surface area contributed by atoms with E-state index in [4.69, 9.17) is 0 Å². The minimum atomic E-state index is -0.0162. The molecule has 1 aromatic carbocycles. The van der Waals surface area contributed by atoms with E-state index in [-0.39, 0.29) is 31.9 Å². The number of benzene rings is 1. The van der Waals surface area contributed by atoms with Gasteiger partial charge >= 0.3 is 0 Å². The number of likely N-dealkylation sites (N-methyl/N-ethyl adjacent to an activating group) is 1. The Morgan fingerprint density at radius 2 is 1.91 bits per heavy atom. The second kappa shape index (κ2) is 17.0. The van der Waals surface area contributed by atoms with Gasteiger partial charge in [0.05, 0.1) is 22.1 Å². The number of hydrogen-bond donors (Lipinski definition) is 2. The van der Waals surface area contributed by atoms with Gasteiger partial charge in [0.25, 0.3) is 0 Å². The molecular formula is C26H41N4O2ReS-. The third-order valence-electron chi connectivity index (χ3n) is 5.61. The van der Waals surface area contributed by atoms with Crippen LogP contribution in [-0.4, -0.2) is 54.8 Å². The summed E-state index contributed by atoms with van der Waals surface area (Å²) in [5.74, 6) is 0. The number of nitrogens with one attached hydrogen (secondary N) is 2. The summed E-state index contributed by atoms with van der Waals surface area (Å²) >= 11 is 1.63. The molecule has 34 heavy (non-hydrogen) atoms. The van der Waals surface area contributed by atoms with E-state index in [1.165, 1.54) is 24.3 Å². The fourth-order valence-electron chi connectivity index (χ4n) is 3.30. The standard InChI is InChI=1S/C12H11N2OS.C8H17NO.C6H13N.Re/c1-9-12(16-8-14-9)11-4-2-10(3-5-11)6-13-7-15;1-5-9-7(6-10)8(2,3)4;1-6-4-3-5-7(6)2;/h2-8H,1H3,(H,13,15);6-7,9H,5H2,1-4H3;6H,3-5H2,1-2H3;/q-1;;;. The Labute approximate surface area is 224 Å². The van der Waals surface area contributed by atoms with E-state index in [2.05, 4.69) is 55.3 Å². The summed E-state index contributed by atoms with van der Waals surface area (Å²) in [5.41, 5.74) is 5.06. The number of aryl methyl sites for hydroxylation is 1. The van der Waals surface area contributed by atoms with Crippen molar-refractivity contribution in [1.82, 2.24) is 20.5 Å². The fourth-order valence-corrected chi connectivity index (χ4v) is 4.11. The Balaban J connectivity index is 0.000000521. The molecule has 2 atom stereocenters. The molecule has 2 unspecified atom stereocenters. The van der Waals surface area contributed by atoms with Gasteiger partial charge in [-0.2, -0.15) is 17.7 Å². The molecule has 1 aliphatic heterocycles. The molecule has 0 saturated carbocycles. The Morgan fingerprint density at radius 3 is 2.24 bits per heavy atom. The number of nitrogens with zero attached hydrogens (tertiary/aromatic N) is 2. The average Bonchev–Trinajstić information content (AvgIpc) is 3.38. The first-order valence-corrected chi connectivity index (χ1v) is 12.4. The Kier molecular flexibility index (Phi) is 16.2. The number of carbonyl (C=O) groups is 2. The quantitative estimate of drug-likeness (QED) is 0.334. The molecule has 2 aromatic rings. The molecule has 2 heterocycles. The number of hydrogen-bond acceptors (Lipinski definition) is 6. The van der Waals surface area contributed by atoms with Crippen LogP contribution in [-0.2, 0) is 30.0 Å². The van der Waals surface area contributed by atoms with Gasteiger partial charge in [-0.1, -0.05) is 34.2 Å². The van der Waals surface area contributed by atoms with Crippen LogP contribution in [0.3, 0.4) is 0 Å². The number of carbonyl (C=O) groups excluding carboxylic acids is 2. The van der Waals surface area contributed by atoms with Crippen molar-refractivity contribution in [3.63, 3.8) is 0 Å². The maximum absolute atomic E-state index is 10.5. The van der Waals surface area contributed by atoms with Gasteiger partial charge in [0, 0.05) is 26.5 Å². The number of thiazole rings is 1. The van der Waals surface area contributed by atoms with Crippen molar-refractivity contribution in [1.29, 1.82) is 0 Å². The van der Waals surface area contributed by atoms with Crippen molar-refractivity contribution >= 4 is 24.0 Å². The number of likely N-dealkylation sites (tertiary alicyclic amines) is 1. The normalized spacial score (nSPS) is 16.0. The second-order valence-electron chi connectivity index (χ2n) is 9.33. The molecule has 0 spiro atoms. The molecule has 3 rings (SSSR count). The SMILES string of the molecule is CC1CCCN1C.CCNC(C=O)C(C)(C)C.Cc1ncsc1-c1ccc([CH-]NC=O)cc1.[Re]. The monoisotopic (exact) mass is 660 g/mol. The van der Waals surface area contributed by atoms with E-state index in [0.29, 0.717) is 6.41 Å². The van der Waals surface area contributed by atoms with E-state index in [0.717, 1.165) is 35.7 Å². The van der Waals surface area contributed by atoms with Crippen LogP contribution in [0, 0.1) is 18.9 Å². The molecule has 1 aliphatic rings. The van der Waals surface area contributed by atoms with Crippen molar-refractivity contribution in [3.05, 3.63) is 47.6 Å². The van der Waals surface area contributed by atoms with Crippen LogP contribution in [0.1, 0.15) is 58.7 Å². The van der Waals surface area contributed by atoms with Gasteiger partial charge in [-0.05, 0) is 57.8 Å². The summed E-state index contributed by atoms with van der Waals surface area (Å²) in [4.78, 5) is 28.4. The zero-order chi connectivity index (χ0) is 24.9. The predicted molar refractivity (Wildman–Crippen MR) is 139 cm³/mol. The van der Waals surface area contributed by atoms with Gasteiger partial charge in [-0.15, -0.1) is 23.5 Å². The first kappa shape index (κ1) is 32.4. The maximum Gasteiger partial charge on any atom is 0.200 e. The first-order valence-electron chi connectivity index (χ1n) is 11.6. The van der Waals surface area contributed by atoms with Crippen LogP contribution in [0.25, 0.3) is 10.4 Å². The van der Waals surface area contributed by atoms with Crippen LogP contribution in [0.4, 0.5) is 0 Å².